The highest BCUT2D eigenvalue weighted by atomic mass is 15.4. The van der Waals surface area contributed by atoms with Gasteiger partial charge in [-0.2, -0.15) is 0 Å². The summed E-state index contributed by atoms with van der Waals surface area (Å²) in [7, 11) is 0. The monoisotopic (exact) mass is 234 g/mol. The molecule has 3 unspecified atom stereocenters. The minimum atomic E-state index is 0.593. The minimum Gasteiger partial charge on any atom is -0.311 e. The van der Waals surface area contributed by atoms with Crippen molar-refractivity contribution in [2.24, 2.45) is 11.8 Å². The van der Waals surface area contributed by atoms with E-state index in [0.717, 1.165) is 31.3 Å². The van der Waals surface area contributed by atoms with Crippen molar-refractivity contribution in [2.45, 2.75) is 52.1 Å². The van der Waals surface area contributed by atoms with Gasteiger partial charge in [0.25, 0.3) is 0 Å². The number of fused-ring (bicyclic) bond motifs is 1. The molecule has 17 heavy (non-hydrogen) atoms. The molecule has 1 N–H and O–H groups in total. The van der Waals surface area contributed by atoms with Gasteiger partial charge in [-0.05, 0) is 31.1 Å². The lowest BCUT2D eigenvalue weighted by molar-refractivity contribution is 0.196. The number of nitrogens with one attached hydrogen (secondary N) is 1. The average molecular weight is 234 g/mol. The van der Waals surface area contributed by atoms with E-state index in [4.69, 9.17) is 0 Å². The molecule has 1 fully saturated rings. The Morgan fingerprint density at radius 3 is 2.94 bits per heavy atom. The zero-order valence-corrected chi connectivity index (χ0v) is 10.8. The molecule has 0 saturated heterocycles. The number of nitrogens with zero attached hydrogens (tertiary/aromatic N) is 3. The molecule has 3 rings (SSSR count). The maximum atomic E-state index is 4.41. The highest BCUT2D eigenvalue weighted by molar-refractivity contribution is 5.14. The molecule has 1 aliphatic heterocycles. The molecule has 4 heteroatoms. The Balaban J connectivity index is 1.82. The topological polar surface area (TPSA) is 42.7 Å². The Hall–Kier alpha value is -0.900. The molecular formula is C13H22N4. The van der Waals surface area contributed by atoms with E-state index >= 15 is 0 Å². The lowest BCUT2D eigenvalue weighted by Crippen LogP contribution is -2.29. The van der Waals surface area contributed by atoms with Crippen LogP contribution in [0.2, 0.25) is 0 Å². The lowest BCUT2D eigenvalue weighted by Gasteiger charge is -2.33. The number of hydrogen-bond donors (Lipinski definition) is 1. The summed E-state index contributed by atoms with van der Waals surface area (Å²) in [5.41, 5.74) is 2.55. The van der Waals surface area contributed by atoms with Gasteiger partial charge in [-0.15, -0.1) is 5.10 Å². The van der Waals surface area contributed by atoms with Crippen LogP contribution in [-0.2, 0) is 13.0 Å². The molecule has 0 amide bonds. The molecular weight excluding hydrogens is 212 g/mol. The van der Waals surface area contributed by atoms with Crippen molar-refractivity contribution in [3.63, 3.8) is 0 Å². The zero-order chi connectivity index (χ0) is 11.8. The number of hydrogen-bond acceptors (Lipinski definition) is 3. The third kappa shape index (κ3) is 1.99. The molecule has 1 aliphatic carbocycles. The Kier molecular flexibility index (Phi) is 2.90. The van der Waals surface area contributed by atoms with Crippen molar-refractivity contribution in [3.05, 3.63) is 11.4 Å². The van der Waals surface area contributed by atoms with Gasteiger partial charge in [0.1, 0.15) is 0 Å². The molecule has 1 aromatic heterocycles. The molecule has 0 spiro atoms. The van der Waals surface area contributed by atoms with Gasteiger partial charge in [-0.3, -0.25) is 0 Å². The van der Waals surface area contributed by atoms with Gasteiger partial charge in [0.15, 0.2) is 0 Å². The van der Waals surface area contributed by atoms with Crippen molar-refractivity contribution >= 4 is 0 Å². The molecule has 0 aromatic carbocycles. The van der Waals surface area contributed by atoms with Gasteiger partial charge < -0.3 is 5.32 Å². The van der Waals surface area contributed by atoms with Crippen LogP contribution in [0.5, 0.6) is 0 Å². The smallest absolute Gasteiger partial charge is 0.0997 e. The van der Waals surface area contributed by atoms with Crippen LogP contribution < -0.4 is 5.32 Å². The second-order valence-electron chi connectivity index (χ2n) is 5.78. The summed E-state index contributed by atoms with van der Waals surface area (Å²) >= 11 is 0. The van der Waals surface area contributed by atoms with E-state index in [9.17, 15) is 0 Å². The summed E-state index contributed by atoms with van der Waals surface area (Å²) in [5, 5.41) is 12.1. The van der Waals surface area contributed by atoms with Crippen molar-refractivity contribution in [1.82, 2.24) is 20.3 Å². The van der Waals surface area contributed by atoms with Crippen LogP contribution in [0, 0.1) is 11.8 Å². The van der Waals surface area contributed by atoms with E-state index in [1.165, 1.54) is 30.7 Å². The van der Waals surface area contributed by atoms with Gasteiger partial charge >= 0.3 is 0 Å². The van der Waals surface area contributed by atoms with Crippen LogP contribution in [-0.4, -0.2) is 21.5 Å². The van der Waals surface area contributed by atoms with Gasteiger partial charge in [-0.1, -0.05) is 19.1 Å². The maximum absolute atomic E-state index is 4.41. The van der Waals surface area contributed by atoms with E-state index in [2.05, 4.69) is 34.2 Å². The van der Waals surface area contributed by atoms with Crippen molar-refractivity contribution in [3.8, 4) is 0 Å². The highest BCUT2D eigenvalue weighted by Crippen LogP contribution is 2.36. The summed E-state index contributed by atoms with van der Waals surface area (Å²) in [5.74, 6) is 1.68. The standard InChI is InChI=1S/C13H22N4/c1-9-3-4-11(7-10(9)2)17-13-5-6-14-8-12(13)15-16-17/h9-11,14H,3-8H2,1-2H3. The summed E-state index contributed by atoms with van der Waals surface area (Å²) < 4.78 is 2.23. The van der Waals surface area contributed by atoms with Gasteiger partial charge in [0, 0.05) is 19.5 Å². The SMILES string of the molecule is CC1CCC(n2nnc3c2CCNC3)CC1C. The molecule has 4 nitrogen and oxygen atoms in total. The minimum absolute atomic E-state index is 0.593. The van der Waals surface area contributed by atoms with E-state index in [1.54, 1.807) is 0 Å². The third-order valence-electron chi connectivity index (χ3n) is 4.62. The van der Waals surface area contributed by atoms with Gasteiger partial charge in [0.05, 0.1) is 17.4 Å². The normalized spacial score (nSPS) is 33.4. The Bertz CT molecular complexity index is 398. The Morgan fingerprint density at radius 1 is 1.24 bits per heavy atom. The molecule has 1 aromatic rings. The Morgan fingerprint density at radius 2 is 2.12 bits per heavy atom. The molecule has 3 atom stereocenters. The molecule has 94 valence electrons. The van der Waals surface area contributed by atoms with Crippen LogP contribution in [0.3, 0.4) is 0 Å². The summed E-state index contributed by atoms with van der Waals surface area (Å²) in [4.78, 5) is 0. The first-order chi connectivity index (χ1) is 8.25. The van der Waals surface area contributed by atoms with Crippen LogP contribution in [0.25, 0.3) is 0 Å². The fraction of sp³-hybridized carbons (Fsp3) is 0.846. The summed E-state index contributed by atoms with van der Waals surface area (Å²) in [6.45, 7) is 6.72. The first-order valence-electron chi connectivity index (χ1n) is 6.89. The molecule has 0 radical (unpaired) electrons. The second kappa shape index (κ2) is 4.41. The fourth-order valence-electron chi connectivity index (χ4n) is 3.19. The quantitative estimate of drug-likeness (QED) is 0.807. The summed E-state index contributed by atoms with van der Waals surface area (Å²) in [6, 6.07) is 0.593. The first-order valence-corrected chi connectivity index (χ1v) is 6.89. The first kappa shape index (κ1) is 11.2. The zero-order valence-electron chi connectivity index (χ0n) is 10.8. The maximum Gasteiger partial charge on any atom is 0.0997 e. The Labute approximate surface area is 103 Å². The average Bonchev–Trinajstić information content (AvgIpc) is 2.76. The van der Waals surface area contributed by atoms with Crippen molar-refractivity contribution in [1.29, 1.82) is 0 Å². The van der Waals surface area contributed by atoms with E-state index in [-0.39, 0.29) is 0 Å². The van der Waals surface area contributed by atoms with E-state index in [0.29, 0.717) is 6.04 Å². The predicted octanol–water partition coefficient (Wildman–Crippen LogP) is 1.92. The van der Waals surface area contributed by atoms with E-state index < -0.39 is 0 Å². The van der Waals surface area contributed by atoms with Gasteiger partial charge in [-0.25, -0.2) is 4.68 Å². The predicted molar refractivity (Wildman–Crippen MR) is 66.6 cm³/mol. The van der Waals surface area contributed by atoms with Gasteiger partial charge in [0.2, 0.25) is 0 Å². The van der Waals surface area contributed by atoms with Crippen molar-refractivity contribution in [2.75, 3.05) is 6.54 Å². The van der Waals surface area contributed by atoms with E-state index in [1.807, 2.05) is 0 Å². The van der Waals surface area contributed by atoms with Crippen LogP contribution in [0.15, 0.2) is 0 Å². The van der Waals surface area contributed by atoms with Crippen LogP contribution in [0.1, 0.15) is 50.5 Å². The number of aromatic nitrogens is 3. The fourth-order valence-corrected chi connectivity index (χ4v) is 3.19. The van der Waals surface area contributed by atoms with Crippen LogP contribution in [0.4, 0.5) is 0 Å². The largest absolute Gasteiger partial charge is 0.311 e. The second-order valence-corrected chi connectivity index (χ2v) is 5.78. The summed E-state index contributed by atoms with van der Waals surface area (Å²) in [6.07, 6.45) is 4.96. The molecule has 0 bridgehead atoms. The molecule has 2 aliphatic rings. The van der Waals surface area contributed by atoms with Crippen LogP contribution >= 0.6 is 0 Å². The highest BCUT2D eigenvalue weighted by Gasteiger charge is 2.29. The molecule has 2 heterocycles. The molecule has 1 saturated carbocycles. The third-order valence-corrected chi connectivity index (χ3v) is 4.62. The lowest BCUT2D eigenvalue weighted by atomic mass is 9.79. The number of rotatable bonds is 1. The van der Waals surface area contributed by atoms with Crippen molar-refractivity contribution < 1.29 is 0 Å².